The summed E-state index contributed by atoms with van der Waals surface area (Å²) in [5.41, 5.74) is 1.27. The lowest BCUT2D eigenvalue weighted by molar-refractivity contribution is 0.232. The van der Waals surface area contributed by atoms with Crippen molar-refractivity contribution in [1.82, 2.24) is 10.2 Å². The van der Waals surface area contributed by atoms with Gasteiger partial charge < -0.3 is 14.8 Å². The van der Waals surface area contributed by atoms with Crippen LogP contribution in [0.3, 0.4) is 0 Å². The van der Waals surface area contributed by atoms with Crippen LogP contribution in [0.1, 0.15) is 12.0 Å². The number of halogens is 1. The zero-order valence-electron chi connectivity index (χ0n) is 11.0. The third kappa shape index (κ3) is 3.22. The number of ether oxygens (including phenoxy) is 2. The molecule has 4 nitrogen and oxygen atoms in total. The molecule has 2 aliphatic rings. The van der Waals surface area contributed by atoms with E-state index in [0.29, 0.717) is 0 Å². The topological polar surface area (TPSA) is 33.7 Å². The van der Waals surface area contributed by atoms with E-state index in [1.165, 1.54) is 5.56 Å². The van der Waals surface area contributed by atoms with Crippen LogP contribution in [0.25, 0.3) is 0 Å². The Morgan fingerprint density at radius 3 is 2.53 bits per heavy atom. The fraction of sp³-hybridized carbons (Fsp3) is 0.571. The summed E-state index contributed by atoms with van der Waals surface area (Å²) in [7, 11) is 0. The minimum absolute atomic E-state index is 0.733. The van der Waals surface area contributed by atoms with Crippen molar-refractivity contribution in [1.29, 1.82) is 0 Å². The van der Waals surface area contributed by atoms with Crippen molar-refractivity contribution in [2.75, 3.05) is 39.4 Å². The van der Waals surface area contributed by atoms with E-state index < -0.39 is 0 Å². The molecule has 0 aromatic heterocycles. The van der Waals surface area contributed by atoms with E-state index in [0.717, 1.165) is 68.3 Å². The summed E-state index contributed by atoms with van der Waals surface area (Å²) in [5.74, 6) is 1.74. The van der Waals surface area contributed by atoms with Crippen molar-refractivity contribution in [3.8, 4) is 11.5 Å². The Morgan fingerprint density at radius 1 is 1.11 bits per heavy atom. The van der Waals surface area contributed by atoms with Gasteiger partial charge in [0.1, 0.15) is 0 Å². The van der Waals surface area contributed by atoms with Crippen molar-refractivity contribution in [2.45, 2.75) is 13.0 Å². The zero-order valence-corrected chi connectivity index (χ0v) is 12.5. The molecular weight excluding hydrogens is 308 g/mol. The highest BCUT2D eigenvalue weighted by atomic mass is 79.9. The molecule has 19 heavy (non-hydrogen) atoms. The van der Waals surface area contributed by atoms with Gasteiger partial charge in [0.25, 0.3) is 0 Å². The van der Waals surface area contributed by atoms with Gasteiger partial charge in [-0.05, 0) is 17.7 Å². The number of benzene rings is 1. The second-order valence-corrected chi connectivity index (χ2v) is 5.82. The first-order valence-corrected chi connectivity index (χ1v) is 7.63. The Kier molecular flexibility index (Phi) is 4.25. The summed E-state index contributed by atoms with van der Waals surface area (Å²) in [4.78, 5) is 2.46. The van der Waals surface area contributed by atoms with Crippen LogP contribution in [0.4, 0.5) is 0 Å². The fourth-order valence-corrected chi connectivity index (χ4v) is 2.91. The summed E-state index contributed by atoms with van der Waals surface area (Å²) in [6.45, 7) is 6.77. The maximum absolute atomic E-state index is 5.76. The molecule has 5 heteroatoms. The predicted octanol–water partition coefficient (Wildman–Crippen LogP) is 2.02. The molecular formula is C14H19BrN2O2. The van der Waals surface area contributed by atoms with E-state index in [9.17, 15) is 0 Å². The van der Waals surface area contributed by atoms with Crippen molar-refractivity contribution >= 4 is 15.9 Å². The summed E-state index contributed by atoms with van der Waals surface area (Å²) in [5, 5.41) is 3.38. The van der Waals surface area contributed by atoms with Crippen LogP contribution in [0.5, 0.6) is 11.5 Å². The monoisotopic (exact) mass is 326 g/mol. The first-order chi connectivity index (χ1) is 9.33. The number of nitrogens with zero attached hydrogens (tertiary/aromatic N) is 1. The lowest BCUT2D eigenvalue weighted by atomic mass is 10.1. The van der Waals surface area contributed by atoms with Gasteiger partial charge in [0.05, 0.1) is 13.2 Å². The van der Waals surface area contributed by atoms with Gasteiger partial charge in [-0.3, -0.25) is 4.90 Å². The quantitative estimate of drug-likeness (QED) is 0.901. The van der Waals surface area contributed by atoms with Gasteiger partial charge in [0.15, 0.2) is 11.5 Å². The van der Waals surface area contributed by atoms with Crippen molar-refractivity contribution in [2.24, 2.45) is 0 Å². The maximum Gasteiger partial charge on any atom is 0.162 e. The average molecular weight is 327 g/mol. The summed E-state index contributed by atoms with van der Waals surface area (Å²) in [6, 6.07) is 4.16. The van der Waals surface area contributed by atoms with E-state index in [2.05, 4.69) is 32.2 Å². The van der Waals surface area contributed by atoms with Crippen LogP contribution < -0.4 is 14.8 Å². The summed E-state index contributed by atoms with van der Waals surface area (Å²) >= 11 is 3.65. The number of hydrogen-bond acceptors (Lipinski definition) is 4. The van der Waals surface area contributed by atoms with Crippen molar-refractivity contribution in [3.63, 3.8) is 0 Å². The SMILES string of the molecule is Brc1cc2c(cc1CN1CCNCC1)OCCCO2. The molecule has 2 aliphatic heterocycles. The molecule has 0 aliphatic carbocycles. The molecule has 0 spiro atoms. The van der Waals surface area contributed by atoms with Crippen molar-refractivity contribution < 1.29 is 9.47 Å². The smallest absolute Gasteiger partial charge is 0.162 e. The standard InChI is InChI=1S/C14H19BrN2O2/c15-12-9-14-13(18-6-1-7-19-14)8-11(12)10-17-4-2-16-3-5-17/h8-9,16H,1-7,10H2. The number of rotatable bonds is 2. The van der Waals surface area contributed by atoms with Crippen LogP contribution in [0, 0.1) is 0 Å². The molecule has 1 fully saturated rings. The predicted molar refractivity (Wildman–Crippen MR) is 77.9 cm³/mol. The third-order valence-electron chi connectivity index (χ3n) is 3.52. The highest BCUT2D eigenvalue weighted by Gasteiger charge is 2.16. The Balaban J connectivity index is 1.78. The van der Waals surface area contributed by atoms with Crippen LogP contribution in [0.15, 0.2) is 16.6 Å². The second kappa shape index (κ2) is 6.11. The summed E-state index contributed by atoms with van der Waals surface area (Å²) in [6.07, 6.45) is 0.944. The number of piperazine rings is 1. The Morgan fingerprint density at radius 2 is 1.79 bits per heavy atom. The van der Waals surface area contributed by atoms with Gasteiger partial charge in [-0.1, -0.05) is 15.9 Å². The fourth-order valence-electron chi connectivity index (χ4n) is 2.46. The van der Waals surface area contributed by atoms with Gasteiger partial charge in [0, 0.05) is 43.6 Å². The highest BCUT2D eigenvalue weighted by Crippen LogP contribution is 2.35. The Hall–Kier alpha value is -0.780. The molecule has 1 saturated heterocycles. The van der Waals surface area contributed by atoms with E-state index in [1.807, 2.05) is 6.07 Å². The normalized spacial score (nSPS) is 20.1. The first-order valence-electron chi connectivity index (χ1n) is 6.84. The molecule has 1 aromatic rings. The molecule has 104 valence electrons. The average Bonchev–Trinajstić information content (AvgIpc) is 2.65. The molecule has 1 aromatic carbocycles. The molecule has 1 N–H and O–H groups in total. The van der Waals surface area contributed by atoms with Gasteiger partial charge in [-0.15, -0.1) is 0 Å². The van der Waals surface area contributed by atoms with Crippen LogP contribution >= 0.6 is 15.9 Å². The number of fused-ring (bicyclic) bond motifs is 1. The first kappa shape index (κ1) is 13.2. The van der Waals surface area contributed by atoms with Gasteiger partial charge in [-0.25, -0.2) is 0 Å². The second-order valence-electron chi connectivity index (χ2n) is 4.97. The molecule has 0 unspecified atom stereocenters. The number of nitrogens with one attached hydrogen (secondary N) is 1. The molecule has 0 saturated carbocycles. The largest absolute Gasteiger partial charge is 0.490 e. The number of hydrogen-bond donors (Lipinski definition) is 1. The Bertz CT molecular complexity index is 447. The van der Waals surface area contributed by atoms with E-state index >= 15 is 0 Å². The minimum atomic E-state index is 0.733. The third-order valence-corrected chi connectivity index (χ3v) is 4.26. The van der Waals surface area contributed by atoms with Gasteiger partial charge >= 0.3 is 0 Å². The Labute approximate surface area is 122 Å². The van der Waals surface area contributed by atoms with Crippen molar-refractivity contribution in [3.05, 3.63) is 22.2 Å². The van der Waals surface area contributed by atoms with Crippen LogP contribution in [-0.4, -0.2) is 44.3 Å². The van der Waals surface area contributed by atoms with Gasteiger partial charge in [0.2, 0.25) is 0 Å². The molecule has 0 bridgehead atoms. The molecule has 3 rings (SSSR count). The zero-order chi connectivity index (χ0) is 13.1. The van der Waals surface area contributed by atoms with Gasteiger partial charge in [-0.2, -0.15) is 0 Å². The van der Waals surface area contributed by atoms with Crippen LogP contribution in [0.2, 0.25) is 0 Å². The van der Waals surface area contributed by atoms with E-state index in [1.54, 1.807) is 0 Å². The lowest BCUT2D eigenvalue weighted by Gasteiger charge is -2.27. The molecule has 0 amide bonds. The van der Waals surface area contributed by atoms with E-state index in [4.69, 9.17) is 9.47 Å². The highest BCUT2D eigenvalue weighted by molar-refractivity contribution is 9.10. The van der Waals surface area contributed by atoms with Crippen LogP contribution in [-0.2, 0) is 6.54 Å². The summed E-state index contributed by atoms with van der Waals surface area (Å²) < 4.78 is 12.6. The minimum Gasteiger partial charge on any atom is -0.490 e. The molecule has 0 radical (unpaired) electrons. The maximum atomic E-state index is 5.76. The molecule has 0 atom stereocenters. The lowest BCUT2D eigenvalue weighted by Crippen LogP contribution is -2.42. The molecule has 2 heterocycles. The van der Waals surface area contributed by atoms with E-state index in [-0.39, 0.29) is 0 Å².